The molecule has 94 valence electrons. The number of amides is 1. The molecule has 0 fully saturated rings. The van der Waals surface area contributed by atoms with E-state index in [-0.39, 0.29) is 24.1 Å². The SMILES string of the molecule is CC(C)[C@@H](N)C(=O)NCc1nc(C(=O)O)cs1. The third-order valence-electron chi connectivity index (χ3n) is 2.21. The van der Waals surface area contributed by atoms with Crippen molar-refractivity contribution in [2.24, 2.45) is 11.7 Å². The highest BCUT2D eigenvalue weighted by molar-refractivity contribution is 7.09. The lowest BCUT2D eigenvalue weighted by Crippen LogP contribution is -2.43. The van der Waals surface area contributed by atoms with Crippen LogP contribution in [0.2, 0.25) is 0 Å². The summed E-state index contributed by atoms with van der Waals surface area (Å²) in [5, 5.41) is 13.3. The van der Waals surface area contributed by atoms with Crippen LogP contribution in [0.25, 0.3) is 0 Å². The van der Waals surface area contributed by atoms with E-state index in [9.17, 15) is 9.59 Å². The minimum atomic E-state index is -1.07. The van der Waals surface area contributed by atoms with Crippen LogP contribution in [0.15, 0.2) is 5.38 Å². The first-order valence-corrected chi connectivity index (χ1v) is 6.00. The minimum Gasteiger partial charge on any atom is -0.476 e. The molecular formula is C10H15N3O3S. The van der Waals surface area contributed by atoms with Crippen LogP contribution in [0.3, 0.4) is 0 Å². The van der Waals surface area contributed by atoms with Crippen LogP contribution in [-0.4, -0.2) is 28.0 Å². The van der Waals surface area contributed by atoms with Crippen LogP contribution >= 0.6 is 11.3 Å². The normalized spacial score (nSPS) is 12.5. The molecule has 17 heavy (non-hydrogen) atoms. The fourth-order valence-corrected chi connectivity index (χ4v) is 1.78. The second-order valence-corrected chi connectivity index (χ2v) is 4.86. The Hall–Kier alpha value is -1.47. The zero-order valence-electron chi connectivity index (χ0n) is 9.64. The van der Waals surface area contributed by atoms with Gasteiger partial charge in [-0.2, -0.15) is 0 Å². The lowest BCUT2D eigenvalue weighted by molar-refractivity contribution is -0.123. The Kier molecular flexibility index (Phi) is 4.59. The molecule has 0 unspecified atom stereocenters. The van der Waals surface area contributed by atoms with Gasteiger partial charge in [-0.05, 0) is 5.92 Å². The molecule has 0 aliphatic heterocycles. The van der Waals surface area contributed by atoms with Crippen LogP contribution in [0, 0.1) is 5.92 Å². The largest absolute Gasteiger partial charge is 0.476 e. The first-order valence-electron chi connectivity index (χ1n) is 5.12. The van der Waals surface area contributed by atoms with E-state index in [4.69, 9.17) is 10.8 Å². The van der Waals surface area contributed by atoms with E-state index in [0.717, 1.165) is 0 Å². The fourth-order valence-electron chi connectivity index (χ4n) is 1.07. The number of thiazole rings is 1. The average molecular weight is 257 g/mol. The number of carbonyl (C=O) groups excluding carboxylic acids is 1. The van der Waals surface area contributed by atoms with Gasteiger partial charge in [0.2, 0.25) is 5.91 Å². The Morgan fingerprint density at radius 2 is 2.24 bits per heavy atom. The number of carboxylic acid groups (broad SMARTS) is 1. The second kappa shape index (κ2) is 5.74. The maximum absolute atomic E-state index is 11.5. The molecule has 0 aliphatic rings. The van der Waals surface area contributed by atoms with Gasteiger partial charge in [0.1, 0.15) is 5.01 Å². The quantitative estimate of drug-likeness (QED) is 0.710. The van der Waals surface area contributed by atoms with Crippen molar-refractivity contribution in [1.29, 1.82) is 0 Å². The molecule has 0 saturated carbocycles. The van der Waals surface area contributed by atoms with Crippen LogP contribution in [-0.2, 0) is 11.3 Å². The number of hydrogen-bond donors (Lipinski definition) is 3. The highest BCUT2D eigenvalue weighted by Gasteiger charge is 2.17. The molecule has 0 bridgehead atoms. The van der Waals surface area contributed by atoms with Gasteiger partial charge in [0.05, 0.1) is 12.6 Å². The van der Waals surface area contributed by atoms with E-state index < -0.39 is 12.0 Å². The molecule has 1 aromatic rings. The van der Waals surface area contributed by atoms with Crippen molar-refractivity contribution < 1.29 is 14.7 Å². The summed E-state index contributed by atoms with van der Waals surface area (Å²) in [6.07, 6.45) is 0. The van der Waals surface area contributed by atoms with Gasteiger partial charge >= 0.3 is 5.97 Å². The molecule has 1 rings (SSSR count). The Morgan fingerprint density at radius 3 is 2.71 bits per heavy atom. The van der Waals surface area contributed by atoms with Crippen molar-refractivity contribution >= 4 is 23.2 Å². The number of nitrogens with two attached hydrogens (primary N) is 1. The van der Waals surface area contributed by atoms with E-state index in [2.05, 4.69) is 10.3 Å². The summed E-state index contributed by atoms with van der Waals surface area (Å²) in [6.45, 7) is 3.92. The van der Waals surface area contributed by atoms with E-state index in [1.807, 2.05) is 13.8 Å². The highest BCUT2D eigenvalue weighted by Crippen LogP contribution is 2.09. The van der Waals surface area contributed by atoms with Crippen molar-refractivity contribution in [2.45, 2.75) is 26.4 Å². The highest BCUT2D eigenvalue weighted by atomic mass is 32.1. The molecule has 4 N–H and O–H groups in total. The predicted octanol–water partition coefficient (Wildman–Crippen LogP) is 0.441. The van der Waals surface area contributed by atoms with Crippen molar-refractivity contribution in [3.05, 3.63) is 16.1 Å². The molecular weight excluding hydrogens is 242 g/mol. The number of nitrogens with zero attached hydrogens (tertiary/aromatic N) is 1. The van der Waals surface area contributed by atoms with Gasteiger partial charge < -0.3 is 16.2 Å². The molecule has 0 saturated heterocycles. The van der Waals surface area contributed by atoms with Crippen LogP contribution in [0.1, 0.15) is 29.3 Å². The smallest absolute Gasteiger partial charge is 0.355 e. The van der Waals surface area contributed by atoms with E-state index >= 15 is 0 Å². The van der Waals surface area contributed by atoms with Crippen molar-refractivity contribution in [3.63, 3.8) is 0 Å². The summed E-state index contributed by atoms with van der Waals surface area (Å²) in [6, 6.07) is -0.561. The predicted molar refractivity (Wildman–Crippen MR) is 63.7 cm³/mol. The fraction of sp³-hybridized carbons (Fsp3) is 0.500. The molecule has 0 aromatic carbocycles. The van der Waals surface area contributed by atoms with Crippen molar-refractivity contribution in [2.75, 3.05) is 0 Å². The van der Waals surface area contributed by atoms with Gasteiger partial charge in [-0.25, -0.2) is 9.78 Å². The molecule has 0 radical (unpaired) electrons. The molecule has 6 nitrogen and oxygen atoms in total. The first kappa shape index (κ1) is 13.6. The Balaban J connectivity index is 2.50. The third-order valence-corrected chi connectivity index (χ3v) is 3.05. The zero-order chi connectivity index (χ0) is 13.0. The van der Waals surface area contributed by atoms with E-state index in [1.54, 1.807) is 0 Å². The van der Waals surface area contributed by atoms with E-state index in [0.29, 0.717) is 5.01 Å². The number of aromatic carboxylic acids is 1. The van der Waals surface area contributed by atoms with Gasteiger partial charge in [-0.1, -0.05) is 13.8 Å². The molecule has 1 atom stereocenters. The summed E-state index contributed by atoms with van der Waals surface area (Å²) in [7, 11) is 0. The van der Waals surface area contributed by atoms with Gasteiger partial charge in [0, 0.05) is 5.38 Å². The maximum atomic E-state index is 11.5. The number of nitrogens with one attached hydrogen (secondary N) is 1. The molecule has 1 aromatic heterocycles. The van der Waals surface area contributed by atoms with Crippen molar-refractivity contribution in [3.8, 4) is 0 Å². The number of aromatic nitrogens is 1. The summed E-state index contributed by atoms with van der Waals surface area (Å²) in [4.78, 5) is 26.0. The number of carbonyl (C=O) groups is 2. The van der Waals surface area contributed by atoms with E-state index in [1.165, 1.54) is 16.7 Å². The van der Waals surface area contributed by atoms with Gasteiger partial charge in [-0.3, -0.25) is 4.79 Å². The lowest BCUT2D eigenvalue weighted by Gasteiger charge is -2.14. The third kappa shape index (κ3) is 3.79. The second-order valence-electron chi connectivity index (χ2n) is 3.92. The maximum Gasteiger partial charge on any atom is 0.355 e. The Labute approximate surface area is 103 Å². The van der Waals surface area contributed by atoms with Crippen molar-refractivity contribution in [1.82, 2.24) is 10.3 Å². The number of rotatable bonds is 5. The monoisotopic (exact) mass is 257 g/mol. The standard InChI is InChI=1S/C10H15N3O3S/c1-5(2)8(11)9(14)12-3-7-13-6(4-17-7)10(15)16/h4-5,8H,3,11H2,1-2H3,(H,12,14)(H,15,16)/t8-/m1/s1. The number of carboxylic acids is 1. The van der Waals surface area contributed by atoms with Crippen LogP contribution < -0.4 is 11.1 Å². The average Bonchev–Trinajstić information content (AvgIpc) is 2.73. The van der Waals surface area contributed by atoms with Gasteiger partial charge in [0.25, 0.3) is 0 Å². The molecule has 0 spiro atoms. The summed E-state index contributed by atoms with van der Waals surface area (Å²) in [5.41, 5.74) is 5.65. The Morgan fingerprint density at radius 1 is 1.59 bits per heavy atom. The Bertz CT molecular complexity index is 417. The van der Waals surface area contributed by atoms with Crippen LogP contribution in [0.4, 0.5) is 0 Å². The van der Waals surface area contributed by atoms with Gasteiger partial charge in [0.15, 0.2) is 5.69 Å². The molecule has 7 heteroatoms. The molecule has 1 heterocycles. The summed E-state index contributed by atoms with van der Waals surface area (Å²) in [5.74, 6) is -1.27. The lowest BCUT2D eigenvalue weighted by atomic mass is 10.1. The van der Waals surface area contributed by atoms with Gasteiger partial charge in [-0.15, -0.1) is 11.3 Å². The van der Waals surface area contributed by atoms with Crippen LogP contribution in [0.5, 0.6) is 0 Å². The first-order chi connectivity index (χ1) is 7.91. The summed E-state index contributed by atoms with van der Waals surface area (Å²) >= 11 is 1.19. The zero-order valence-corrected chi connectivity index (χ0v) is 10.5. The summed E-state index contributed by atoms with van der Waals surface area (Å²) < 4.78 is 0. The number of hydrogen-bond acceptors (Lipinski definition) is 5. The molecule has 0 aliphatic carbocycles. The minimum absolute atomic E-state index is 0.00703. The topological polar surface area (TPSA) is 105 Å². The molecule has 1 amide bonds.